The maximum atomic E-state index is 13.3. The molecule has 1 aromatic heterocycles. The standard InChI is InChI=1S/C19H20F4N4O.ClH/c20-12-1-2-13(15(9-12)19(21,22)23)11-4-7-27(8-5-11)18(28)17-14-3-6-24-10-16(14)25-26-17;/h1-2,9,11,24H,3-8,10H2,(H,25,26);1H. The highest BCUT2D eigenvalue weighted by atomic mass is 35.5. The smallest absolute Gasteiger partial charge is 0.337 e. The van der Waals surface area contributed by atoms with Crippen LogP contribution in [0, 0.1) is 5.82 Å². The van der Waals surface area contributed by atoms with Crippen molar-refractivity contribution in [1.82, 2.24) is 20.4 Å². The van der Waals surface area contributed by atoms with E-state index in [1.807, 2.05) is 0 Å². The minimum atomic E-state index is -4.60. The van der Waals surface area contributed by atoms with E-state index >= 15 is 0 Å². The van der Waals surface area contributed by atoms with Gasteiger partial charge in [0.05, 0.1) is 11.3 Å². The van der Waals surface area contributed by atoms with Gasteiger partial charge in [-0.2, -0.15) is 18.3 Å². The summed E-state index contributed by atoms with van der Waals surface area (Å²) in [5.74, 6) is -1.45. The first-order valence-corrected chi connectivity index (χ1v) is 9.27. The van der Waals surface area contributed by atoms with Crippen LogP contribution in [-0.4, -0.2) is 40.6 Å². The fraction of sp³-hybridized carbons (Fsp3) is 0.474. The molecule has 3 heterocycles. The molecule has 0 atom stereocenters. The quantitative estimate of drug-likeness (QED) is 0.712. The summed E-state index contributed by atoms with van der Waals surface area (Å²) in [5, 5.41) is 10.3. The first-order valence-electron chi connectivity index (χ1n) is 9.27. The van der Waals surface area contributed by atoms with E-state index in [9.17, 15) is 22.4 Å². The van der Waals surface area contributed by atoms with Gasteiger partial charge in [-0.25, -0.2) is 4.39 Å². The Morgan fingerprint density at radius 3 is 2.62 bits per heavy atom. The molecular weight excluding hydrogens is 412 g/mol. The number of amides is 1. The number of likely N-dealkylation sites (tertiary alicyclic amines) is 1. The van der Waals surface area contributed by atoms with E-state index in [0.29, 0.717) is 50.7 Å². The highest BCUT2D eigenvalue weighted by molar-refractivity contribution is 5.94. The fourth-order valence-corrected chi connectivity index (χ4v) is 4.09. The number of hydrogen-bond acceptors (Lipinski definition) is 3. The number of carbonyl (C=O) groups excluding carboxylic acids is 1. The summed E-state index contributed by atoms with van der Waals surface area (Å²) >= 11 is 0. The highest BCUT2D eigenvalue weighted by Gasteiger charge is 2.37. The van der Waals surface area contributed by atoms with Crippen molar-refractivity contribution in [2.75, 3.05) is 19.6 Å². The van der Waals surface area contributed by atoms with Crippen LogP contribution in [0.25, 0.3) is 0 Å². The van der Waals surface area contributed by atoms with Gasteiger partial charge in [-0.15, -0.1) is 12.4 Å². The lowest BCUT2D eigenvalue weighted by Gasteiger charge is -2.33. The highest BCUT2D eigenvalue weighted by Crippen LogP contribution is 2.39. The number of fused-ring (bicyclic) bond motifs is 1. The Hall–Kier alpha value is -2.13. The van der Waals surface area contributed by atoms with Crippen LogP contribution < -0.4 is 5.32 Å². The average Bonchev–Trinajstić information content (AvgIpc) is 3.11. The van der Waals surface area contributed by atoms with Crippen molar-refractivity contribution in [3.8, 4) is 0 Å². The van der Waals surface area contributed by atoms with Crippen LogP contribution in [0.15, 0.2) is 18.2 Å². The predicted octanol–water partition coefficient (Wildman–Crippen LogP) is 3.65. The number of aromatic nitrogens is 2. The van der Waals surface area contributed by atoms with Crippen LogP contribution in [0.4, 0.5) is 17.6 Å². The van der Waals surface area contributed by atoms with Crippen LogP contribution in [-0.2, 0) is 19.1 Å². The van der Waals surface area contributed by atoms with Gasteiger partial charge in [0.1, 0.15) is 5.82 Å². The third-order valence-corrected chi connectivity index (χ3v) is 5.55. The van der Waals surface area contributed by atoms with Crippen LogP contribution in [0.1, 0.15) is 51.6 Å². The molecule has 2 aliphatic heterocycles. The molecule has 0 unspecified atom stereocenters. The number of nitrogens with zero attached hydrogens (tertiary/aromatic N) is 2. The molecular formula is C19H21ClF4N4O. The molecule has 0 spiro atoms. The normalized spacial score (nSPS) is 17.6. The van der Waals surface area contributed by atoms with Gasteiger partial charge in [0, 0.05) is 25.2 Å². The number of piperidine rings is 1. The lowest BCUT2D eigenvalue weighted by molar-refractivity contribution is -0.138. The zero-order valence-electron chi connectivity index (χ0n) is 15.5. The molecule has 1 saturated heterocycles. The Kier molecular flexibility index (Phi) is 6.19. The van der Waals surface area contributed by atoms with E-state index in [4.69, 9.17) is 0 Å². The maximum absolute atomic E-state index is 13.3. The van der Waals surface area contributed by atoms with Crippen molar-refractivity contribution in [3.63, 3.8) is 0 Å². The second-order valence-corrected chi connectivity index (χ2v) is 7.25. The van der Waals surface area contributed by atoms with Crippen LogP contribution >= 0.6 is 12.4 Å². The molecule has 1 amide bonds. The molecule has 2 aromatic rings. The molecule has 2 aliphatic rings. The van der Waals surface area contributed by atoms with E-state index in [2.05, 4.69) is 15.5 Å². The number of aromatic amines is 1. The molecule has 10 heteroatoms. The summed E-state index contributed by atoms with van der Waals surface area (Å²) in [5.41, 5.74) is 1.41. The summed E-state index contributed by atoms with van der Waals surface area (Å²) in [6.45, 7) is 2.11. The Labute approximate surface area is 171 Å². The third-order valence-electron chi connectivity index (χ3n) is 5.55. The summed E-state index contributed by atoms with van der Waals surface area (Å²) in [4.78, 5) is 14.5. The number of H-pyrrole nitrogens is 1. The van der Waals surface area contributed by atoms with Gasteiger partial charge >= 0.3 is 6.18 Å². The SMILES string of the molecule is Cl.O=C(c1n[nH]c2c1CCNC2)N1CCC(c2ccc(F)cc2C(F)(F)F)CC1. The van der Waals surface area contributed by atoms with Crippen molar-refractivity contribution in [3.05, 3.63) is 52.1 Å². The monoisotopic (exact) mass is 432 g/mol. The number of rotatable bonds is 2. The topological polar surface area (TPSA) is 61.0 Å². The first kappa shape index (κ1) is 21.6. The van der Waals surface area contributed by atoms with Crippen LogP contribution in [0.5, 0.6) is 0 Å². The lowest BCUT2D eigenvalue weighted by Crippen LogP contribution is -2.39. The van der Waals surface area contributed by atoms with Gasteiger partial charge in [-0.05, 0) is 49.4 Å². The molecule has 0 saturated carbocycles. The summed E-state index contributed by atoms with van der Waals surface area (Å²) in [7, 11) is 0. The summed E-state index contributed by atoms with van der Waals surface area (Å²) < 4.78 is 53.2. The van der Waals surface area contributed by atoms with E-state index in [-0.39, 0.29) is 29.8 Å². The van der Waals surface area contributed by atoms with Crippen LogP contribution in [0.3, 0.4) is 0 Å². The number of nitrogens with one attached hydrogen (secondary N) is 2. The van der Waals surface area contributed by atoms with Gasteiger partial charge in [-0.1, -0.05) is 6.07 Å². The molecule has 1 fully saturated rings. The van der Waals surface area contributed by atoms with E-state index in [1.165, 1.54) is 6.07 Å². The van der Waals surface area contributed by atoms with Crippen molar-refractivity contribution in [2.45, 2.75) is 37.9 Å². The predicted molar refractivity (Wildman–Crippen MR) is 101 cm³/mol. The molecule has 0 radical (unpaired) electrons. The molecule has 158 valence electrons. The average molecular weight is 433 g/mol. The zero-order chi connectivity index (χ0) is 19.9. The van der Waals surface area contributed by atoms with Gasteiger partial charge in [0.25, 0.3) is 5.91 Å². The molecule has 0 aliphatic carbocycles. The molecule has 2 N–H and O–H groups in total. The number of carbonyl (C=O) groups is 1. The summed E-state index contributed by atoms with van der Waals surface area (Å²) in [6, 6.07) is 2.83. The second-order valence-electron chi connectivity index (χ2n) is 7.25. The first-order chi connectivity index (χ1) is 13.3. The lowest BCUT2D eigenvalue weighted by atomic mass is 9.86. The van der Waals surface area contributed by atoms with Gasteiger partial charge in [-0.3, -0.25) is 9.89 Å². The number of halogens is 5. The van der Waals surface area contributed by atoms with Gasteiger partial charge < -0.3 is 10.2 Å². The Bertz CT molecular complexity index is 891. The minimum absolute atomic E-state index is 0. The van der Waals surface area contributed by atoms with Crippen molar-refractivity contribution in [2.24, 2.45) is 0 Å². The van der Waals surface area contributed by atoms with E-state index < -0.39 is 17.6 Å². The number of benzene rings is 1. The minimum Gasteiger partial charge on any atom is -0.337 e. The Balaban J connectivity index is 0.00000240. The molecule has 5 nitrogen and oxygen atoms in total. The zero-order valence-corrected chi connectivity index (χ0v) is 16.3. The largest absolute Gasteiger partial charge is 0.416 e. The van der Waals surface area contributed by atoms with Crippen molar-refractivity contribution < 1.29 is 22.4 Å². The Morgan fingerprint density at radius 1 is 1.21 bits per heavy atom. The fourth-order valence-electron chi connectivity index (χ4n) is 4.09. The van der Waals surface area contributed by atoms with E-state index in [0.717, 1.165) is 23.9 Å². The van der Waals surface area contributed by atoms with Crippen molar-refractivity contribution >= 4 is 18.3 Å². The third kappa shape index (κ3) is 4.25. The van der Waals surface area contributed by atoms with E-state index in [1.54, 1.807) is 4.90 Å². The maximum Gasteiger partial charge on any atom is 0.416 e. The molecule has 1 aromatic carbocycles. The second kappa shape index (κ2) is 8.31. The van der Waals surface area contributed by atoms with Gasteiger partial charge in [0.2, 0.25) is 0 Å². The Morgan fingerprint density at radius 2 is 1.93 bits per heavy atom. The molecule has 0 bridgehead atoms. The molecule has 29 heavy (non-hydrogen) atoms. The number of hydrogen-bond donors (Lipinski definition) is 2. The molecule has 4 rings (SSSR count). The number of alkyl halides is 3. The van der Waals surface area contributed by atoms with Crippen LogP contribution in [0.2, 0.25) is 0 Å². The summed E-state index contributed by atoms with van der Waals surface area (Å²) in [6.07, 6.45) is -3.09. The van der Waals surface area contributed by atoms with Crippen molar-refractivity contribution in [1.29, 1.82) is 0 Å². The van der Waals surface area contributed by atoms with Gasteiger partial charge in [0.15, 0.2) is 5.69 Å².